The van der Waals surface area contributed by atoms with Gasteiger partial charge in [0.25, 0.3) is 11.8 Å². The van der Waals surface area contributed by atoms with Gasteiger partial charge in [-0.1, -0.05) is 24.3 Å². The highest BCUT2D eigenvalue weighted by molar-refractivity contribution is 7.11. The summed E-state index contributed by atoms with van der Waals surface area (Å²) in [7, 11) is 4.09. The molecular weight excluding hydrogens is 370 g/mol. The van der Waals surface area contributed by atoms with Crippen LogP contribution in [0.15, 0.2) is 47.5 Å². The van der Waals surface area contributed by atoms with Gasteiger partial charge in [-0.25, -0.2) is 4.90 Å². The summed E-state index contributed by atoms with van der Waals surface area (Å²) in [6.07, 6.45) is 1.97. The summed E-state index contributed by atoms with van der Waals surface area (Å²) in [4.78, 5) is 33.5. The van der Waals surface area contributed by atoms with Crippen LogP contribution in [0.25, 0.3) is 5.57 Å². The van der Waals surface area contributed by atoms with Crippen molar-refractivity contribution in [1.29, 1.82) is 0 Å². The number of hydrogen-bond acceptors (Lipinski definition) is 5. The van der Waals surface area contributed by atoms with E-state index in [0.29, 0.717) is 17.0 Å². The van der Waals surface area contributed by atoms with Crippen molar-refractivity contribution in [3.63, 3.8) is 0 Å². The van der Waals surface area contributed by atoms with Crippen LogP contribution in [-0.4, -0.2) is 54.8 Å². The summed E-state index contributed by atoms with van der Waals surface area (Å²) in [6, 6.07) is 11.7. The fourth-order valence-electron chi connectivity index (χ4n) is 4.09. The van der Waals surface area contributed by atoms with E-state index in [1.54, 1.807) is 0 Å². The first-order chi connectivity index (χ1) is 13.5. The van der Waals surface area contributed by atoms with Crippen LogP contribution in [0.5, 0.6) is 0 Å². The summed E-state index contributed by atoms with van der Waals surface area (Å²) in [5, 5.41) is 1.95. The first-order valence-electron chi connectivity index (χ1n) is 9.63. The molecular formula is C22H25N3O2S. The highest BCUT2D eigenvalue weighted by Crippen LogP contribution is 2.38. The van der Waals surface area contributed by atoms with E-state index in [1.807, 2.05) is 55.7 Å². The predicted octanol–water partition coefficient (Wildman–Crippen LogP) is 3.37. The minimum absolute atomic E-state index is 0.218. The lowest BCUT2D eigenvalue weighted by Gasteiger charge is -2.36. The molecule has 146 valence electrons. The van der Waals surface area contributed by atoms with Crippen molar-refractivity contribution in [1.82, 2.24) is 9.80 Å². The van der Waals surface area contributed by atoms with Crippen LogP contribution in [-0.2, 0) is 9.59 Å². The van der Waals surface area contributed by atoms with Crippen LogP contribution >= 0.6 is 11.3 Å². The first-order valence-corrected chi connectivity index (χ1v) is 10.5. The van der Waals surface area contributed by atoms with Gasteiger partial charge in [0.1, 0.15) is 5.70 Å². The average molecular weight is 396 g/mol. The van der Waals surface area contributed by atoms with Gasteiger partial charge >= 0.3 is 0 Å². The van der Waals surface area contributed by atoms with Crippen molar-refractivity contribution >= 4 is 34.4 Å². The highest BCUT2D eigenvalue weighted by Gasteiger charge is 2.43. The van der Waals surface area contributed by atoms with Crippen molar-refractivity contribution in [2.45, 2.75) is 25.8 Å². The fourth-order valence-corrected chi connectivity index (χ4v) is 4.85. The molecule has 0 atom stereocenters. The molecule has 1 saturated heterocycles. The number of hydrogen-bond donors (Lipinski definition) is 0. The molecule has 1 fully saturated rings. The van der Waals surface area contributed by atoms with Crippen molar-refractivity contribution in [3.8, 4) is 0 Å². The average Bonchev–Trinajstić information content (AvgIpc) is 3.29. The molecule has 1 aromatic carbocycles. The maximum atomic E-state index is 13.5. The van der Waals surface area contributed by atoms with E-state index in [1.165, 1.54) is 16.2 Å². The molecule has 1 aromatic heterocycles. The number of likely N-dealkylation sites (tertiary alicyclic amines) is 1. The van der Waals surface area contributed by atoms with E-state index in [-0.39, 0.29) is 17.9 Å². The Bertz CT molecular complexity index is 927. The van der Waals surface area contributed by atoms with Gasteiger partial charge in [-0.3, -0.25) is 9.59 Å². The Labute approximate surface area is 169 Å². The number of nitrogens with zero attached hydrogens (tertiary/aromatic N) is 3. The summed E-state index contributed by atoms with van der Waals surface area (Å²) in [6.45, 7) is 3.93. The van der Waals surface area contributed by atoms with Gasteiger partial charge in [0.05, 0.1) is 11.3 Å². The van der Waals surface area contributed by atoms with E-state index in [9.17, 15) is 9.59 Å². The Morgan fingerprint density at radius 3 is 2.39 bits per heavy atom. The van der Waals surface area contributed by atoms with Crippen LogP contribution in [0.2, 0.25) is 0 Å². The van der Waals surface area contributed by atoms with Crippen molar-refractivity contribution < 1.29 is 9.59 Å². The van der Waals surface area contributed by atoms with Crippen LogP contribution in [0.4, 0.5) is 5.69 Å². The maximum Gasteiger partial charge on any atom is 0.282 e. The number of para-hydroxylation sites is 1. The zero-order chi connectivity index (χ0) is 19.8. The number of imide groups is 1. The van der Waals surface area contributed by atoms with Crippen molar-refractivity contribution in [3.05, 3.63) is 57.9 Å². The molecule has 2 aliphatic rings. The Morgan fingerprint density at radius 1 is 1.04 bits per heavy atom. The van der Waals surface area contributed by atoms with Gasteiger partial charge in [0.15, 0.2) is 0 Å². The molecule has 0 unspecified atom stereocenters. The van der Waals surface area contributed by atoms with E-state index in [0.717, 1.165) is 36.4 Å². The minimum atomic E-state index is -0.225. The molecule has 0 N–H and O–H groups in total. The number of benzene rings is 1. The number of thiophene rings is 1. The number of carbonyl (C=O) groups excluding carboxylic acids is 2. The number of rotatable bonds is 4. The molecule has 5 nitrogen and oxygen atoms in total. The molecule has 0 aliphatic carbocycles. The predicted molar refractivity (Wildman–Crippen MR) is 113 cm³/mol. The van der Waals surface area contributed by atoms with Crippen molar-refractivity contribution in [2.75, 3.05) is 32.1 Å². The third-order valence-corrected chi connectivity index (χ3v) is 6.66. The second kappa shape index (κ2) is 7.53. The zero-order valence-corrected chi connectivity index (χ0v) is 17.3. The maximum absolute atomic E-state index is 13.5. The zero-order valence-electron chi connectivity index (χ0n) is 16.5. The molecule has 28 heavy (non-hydrogen) atoms. The van der Waals surface area contributed by atoms with Gasteiger partial charge in [-0.15, -0.1) is 11.3 Å². The van der Waals surface area contributed by atoms with Crippen molar-refractivity contribution in [2.24, 2.45) is 0 Å². The summed E-state index contributed by atoms with van der Waals surface area (Å²) >= 11 is 1.50. The molecule has 2 aliphatic heterocycles. The summed E-state index contributed by atoms with van der Waals surface area (Å²) in [5.41, 5.74) is 2.64. The largest absolute Gasteiger partial charge is 0.366 e. The SMILES string of the molecule is Cc1ccccc1N1C(=O)C(c2cccs2)=C(N(C)C2CCN(C)CC2)C1=O. The standard InChI is InChI=1S/C22H25N3O2S/c1-15-7-4-5-8-17(15)25-21(26)19(18-9-6-14-28-18)20(22(25)27)24(3)16-10-12-23(2)13-11-16/h4-9,14,16H,10-13H2,1-3H3. The van der Waals surface area contributed by atoms with Crippen LogP contribution < -0.4 is 4.90 Å². The number of anilines is 1. The number of piperidine rings is 1. The van der Waals surface area contributed by atoms with E-state index in [4.69, 9.17) is 0 Å². The summed E-state index contributed by atoms with van der Waals surface area (Å²) in [5.74, 6) is -0.444. The highest BCUT2D eigenvalue weighted by atomic mass is 32.1. The second-order valence-electron chi connectivity index (χ2n) is 7.58. The van der Waals surface area contributed by atoms with Gasteiger partial charge in [-0.05, 0) is 63.0 Å². The normalized spacial score (nSPS) is 19.0. The van der Waals surface area contributed by atoms with E-state index >= 15 is 0 Å². The summed E-state index contributed by atoms with van der Waals surface area (Å²) < 4.78 is 0. The molecule has 0 radical (unpaired) electrons. The monoisotopic (exact) mass is 395 g/mol. The van der Waals surface area contributed by atoms with Gasteiger partial charge < -0.3 is 9.80 Å². The van der Waals surface area contributed by atoms with Crippen LogP contribution in [0.1, 0.15) is 23.3 Å². The van der Waals surface area contributed by atoms with Crippen LogP contribution in [0, 0.1) is 6.92 Å². The van der Waals surface area contributed by atoms with E-state index in [2.05, 4.69) is 16.8 Å². The van der Waals surface area contributed by atoms with E-state index < -0.39 is 0 Å². The van der Waals surface area contributed by atoms with Gasteiger partial charge in [0.2, 0.25) is 0 Å². The first kappa shape index (κ1) is 18.9. The second-order valence-corrected chi connectivity index (χ2v) is 8.53. The quantitative estimate of drug-likeness (QED) is 0.745. The Morgan fingerprint density at radius 2 is 1.75 bits per heavy atom. The van der Waals surface area contributed by atoms with Gasteiger partial charge in [-0.2, -0.15) is 0 Å². The molecule has 2 aromatic rings. The number of amides is 2. The topological polar surface area (TPSA) is 43.9 Å². The molecule has 4 rings (SSSR count). The molecule has 0 spiro atoms. The lowest BCUT2D eigenvalue weighted by molar-refractivity contribution is -0.120. The molecule has 6 heteroatoms. The Kier molecular flexibility index (Phi) is 5.08. The number of carbonyl (C=O) groups is 2. The number of likely N-dealkylation sites (N-methyl/N-ethyl adjacent to an activating group) is 1. The minimum Gasteiger partial charge on any atom is -0.366 e. The fraction of sp³-hybridized carbons (Fsp3) is 0.364. The third kappa shape index (κ3) is 3.16. The Balaban J connectivity index is 1.77. The lowest BCUT2D eigenvalue weighted by atomic mass is 10.0. The molecule has 0 bridgehead atoms. The van der Waals surface area contributed by atoms with Gasteiger partial charge in [0, 0.05) is 18.0 Å². The Hall–Kier alpha value is -2.44. The lowest BCUT2D eigenvalue weighted by Crippen LogP contribution is -2.43. The molecule has 2 amide bonds. The molecule has 3 heterocycles. The molecule has 0 saturated carbocycles. The van der Waals surface area contributed by atoms with Crippen LogP contribution in [0.3, 0.4) is 0 Å². The smallest absolute Gasteiger partial charge is 0.282 e. The third-order valence-electron chi connectivity index (χ3n) is 5.77. The number of aryl methyl sites for hydroxylation is 1.